The van der Waals surface area contributed by atoms with Crippen molar-refractivity contribution in [1.82, 2.24) is 0 Å². The van der Waals surface area contributed by atoms with Crippen LogP contribution in [-0.4, -0.2) is 6.61 Å². The average Bonchev–Trinajstić information content (AvgIpc) is 2.78. The highest BCUT2D eigenvalue weighted by atomic mass is 19.2. The summed E-state index contributed by atoms with van der Waals surface area (Å²) in [5.41, 5.74) is 1.28. The molecule has 0 fully saturated rings. The van der Waals surface area contributed by atoms with Gasteiger partial charge in [0.05, 0.1) is 0 Å². The van der Waals surface area contributed by atoms with E-state index < -0.39 is 17.5 Å². The number of hydrogen-bond donors (Lipinski definition) is 0. The number of halogens is 3. The largest absolute Gasteiger partial charge is 0.486 e. The molecule has 0 amide bonds. The summed E-state index contributed by atoms with van der Waals surface area (Å²) >= 11 is 0. The second-order valence-corrected chi connectivity index (χ2v) is 6.85. The van der Waals surface area contributed by atoms with Gasteiger partial charge in [0, 0.05) is 16.5 Å². The maximum atomic E-state index is 14.8. The molecule has 0 bridgehead atoms. The third-order valence-electron chi connectivity index (χ3n) is 4.76. The minimum Gasteiger partial charge on any atom is -0.486 e. The van der Waals surface area contributed by atoms with Gasteiger partial charge in [-0.1, -0.05) is 67.3 Å². The molecule has 3 rings (SSSR count). The molecule has 154 valence electrons. The van der Waals surface area contributed by atoms with Gasteiger partial charge in [0.15, 0.2) is 23.2 Å². The number of rotatable bonds is 8. The second kappa shape index (κ2) is 9.97. The van der Waals surface area contributed by atoms with Crippen molar-refractivity contribution in [3.05, 3.63) is 102 Å². The monoisotopic (exact) mass is 408 g/mol. The zero-order chi connectivity index (χ0) is 21.5. The van der Waals surface area contributed by atoms with E-state index in [-0.39, 0.29) is 28.9 Å². The Kier molecular flexibility index (Phi) is 7.12. The lowest BCUT2D eigenvalue weighted by atomic mass is 10.0. The zero-order valence-corrected chi connectivity index (χ0v) is 16.8. The Morgan fingerprint density at radius 2 is 1.67 bits per heavy atom. The van der Waals surface area contributed by atoms with Gasteiger partial charge in [-0.05, 0) is 42.8 Å². The molecule has 30 heavy (non-hydrogen) atoms. The summed E-state index contributed by atoms with van der Waals surface area (Å²) in [6, 6.07) is 14.0. The number of allylic oxidation sites excluding steroid dienone is 2. The molecular weight excluding hydrogens is 385 g/mol. The first-order chi connectivity index (χ1) is 14.5. The van der Waals surface area contributed by atoms with Crippen molar-refractivity contribution in [1.29, 1.82) is 0 Å². The molecule has 4 heteroatoms. The Balaban J connectivity index is 1.88. The Morgan fingerprint density at radius 3 is 2.37 bits per heavy atom. The quantitative estimate of drug-likeness (QED) is 0.273. The Hall–Kier alpha value is -3.27. The number of hydrogen-bond acceptors (Lipinski definition) is 1. The lowest BCUT2D eigenvalue weighted by molar-refractivity contribution is 0.344. The molecule has 0 saturated heterocycles. The second-order valence-electron chi connectivity index (χ2n) is 6.85. The van der Waals surface area contributed by atoms with Crippen LogP contribution in [-0.2, 0) is 6.42 Å². The topological polar surface area (TPSA) is 9.23 Å². The van der Waals surface area contributed by atoms with Crippen LogP contribution < -0.4 is 4.74 Å². The summed E-state index contributed by atoms with van der Waals surface area (Å²) in [6.07, 6.45) is 7.30. The van der Waals surface area contributed by atoms with Gasteiger partial charge in [-0.3, -0.25) is 0 Å². The van der Waals surface area contributed by atoms with E-state index in [1.165, 1.54) is 30.3 Å². The molecule has 0 N–H and O–H groups in total. The highest BCUT2D eigenvalue weighted by molar-refractivity contribution is 5.91. The van der Waals surface area contributed by atoms with Crippen molar-refractivity contribution < 1.29 is 17.9 Å². The first kappa shape index (κ1) is 21.4. The number of benzene rings is 3. The standard InChI is InChI=1S/C26H23F3O/c1-3-5-6-7-18-8-10-19(11-9-18)24(27)25(28)21-12-14-22-20(17-21)13-15-23(26(22)29)30-16-4-2/h3-5,8-15,17H,2,6-7,16H2,1H3/b5-3+,25-24?. The van der Waals surface area contributed by atoms with Crippen molar-refractivity contribution in [2.24, 2.45) is 0 Å². The maximum Gasteiger partial charge on any atom is 0.172 e. The van der Waals surface area contributed by atoms with Gasteiger partial charge in [0.2, 0.25) is 0 Å². The van der Waals surface area contributed by atoms with Crippen LogP contribution in [0.3, 0.4) is 0 Å². The van der Waals surface area contributed by atoms with Crippen LogP contribution in [0.5, 0.6) is 5.75 Å². The number of ether oxygens (including phenoxy) is 1. The summed E-state index contributed by atoms with van der Waals surface area (Å²) < 4.78 is 49.4. The normalized spacial score (nSPS) is 12.3. The van der Waals surface area contributed by atoms with E-state index in [1.807, 2.05) is 13.0 Å². The van der Waals surface area contributed by atoms with Gasteiger partial charge >= 0.3 is 0 Å². The van der Waals surface area contributed by atoms with Crippen molar-refractivity contribution in [2.45, 2.75) is 19.8 Å². The molecule has 3 aromatic carbocycles. The molecule has 0 aliphatic carbocycles. The fourth-order valence-electron chi connectivity index (χ4n) is 3.16. The average molecular weight is 408 g/mol. The third-order valence-corrected chi connectivity index (χ3v) is 4.76. The van der Waals surface area contributed by atoms with E-state index >= 15 is 0 Å². The predicted octanol–water partition coefficient (Wildman–Crippen LogP) is 7.82. The number of fused-ring (bicyclic) bond motifs is 1. The number of aryl methyl sites for hydroxylation is 1. The van der Waals surface area contributed by atoms with E-state index in [2.05, 4.69) is 12.7 Å². The van der Waals surface area contributed by atoms with Gasteiger partial charge in [-0.15, -0.1) is 0 Å². The molecule has 0 spiro atoms. The molecule has 0 saturated carbocycles. The van der Waals surface area contributed by atoms with Crippen molar-refractivity contribution >= 4 is 22.4 Å². The van der Waals surface area contributed by atoms with E-state index in [1.54, 1.807) is 30.3 Å². The van der Waals surface area contributed by atoms with Gasteiger partial charge < -0.3 is 4.74 Å². The Bertz CT molecular complexity index is 1100. The highest BCUT2D eigenvalue weighted by Gasteiger charge is 2.14. The third kappa shape index (κ3) is 4.82. The van der Waals surface area contributed by atoms with Crippen LogP contribution in [0.25, 0.3) is 22.4 Å². The zero-order valence-electron chi connectivity index (χ0n) is 16.8. The SMILES string of the molecule is C=CCOc1ccc2cc(C(F)=C(F)c3ccc(CC/C=C/C)cc3)ccc2c1F. The molecule has 0 aliphatic heterocycles. The van der Waals surface area contributed by atoms with Gasteiger partial charge in [0.1, 0.15) is 6.61 Å². The molecular formula is C26H23F3O. The lowest BCUT2D eigenvalue weighted by Gasteiger charge is -2.09. The van der Waals surface area contributed by atoms with E-state index in [9.17, 15) is 13.2 Å². The molecule has 3 aromatic rings. The smallest absolute Gasteiger partial charge is 0.172 e. The fraction of sp³-hybridized carbons (Fsp3) is 0.154. The van der Waals surface area contributed by atoms with Crippen LogP contribution in [0.1, 0.15) is 30.0 Å². The first-order valence-electron chi connectivity index (χ1n) is 9.77. The van der Waals surface area contributed by atoms with Crippen LogP contribution in [0.2, 0.25) is 0 Å². The van der Waals surface area contributed by atoms with Gasteiger partial charge in [-0.2, -0.15) is 0 Å². The summed E-state index contributed by atoms with van der Waals surface area (Å²) in [5.74, 6) is -2.38. The summed E-state index contributed by atoms with van der Waals surface area (Å²) in [7, 11) is 0. The fourth-order valence-corrected chi connectivity index (χ4v) is 3.16. The highest BCUT2D eigenvalue weighted by Crippen LogP contribution is 2.33. The van der Waals surface area contributed by atoms with Crippen molar-refractivity contribution in [3.63, 3.8) is 0 Å². The van der Waals surface area contributed by atoms with Crippen LogP contribution in [0.15, 0.2) is 79.4 Å². The molecule has 0 atom stereocenters. The molecule has 0 aromatic heterocycles. The van der Waals surface area contributed by atoms with Crippen LogP contribution in [0, 0.1) is 5.82 Å². The first-order valence-corrected chi connectivity index (χ1v) is 9.77. The van der Waals surface area contributed by atoms with Gasteiger partial charge in [-0.25, -0.2) is 13.2 Å². The molecule has 1 nitrogen and oxygen atoms in total. The van der Waals surface area contributed by atoms with Crippen molar-refractivity contribution in [2.75, 3.05) is 6.61 Å². The minimum atomic E-state index is -0.981. The van der Waals surface area contributed by atoms with E-state index in [4.69, 9.17) is 4.74 Å². The predicted molar refractivity (Wildman–Crippen MR) is 118 cm³/mol. The molecule has 0 aliphatic rings. The van der Waals surface area contributed by atoms with E-state index in [0.29, 0.717) is 5.39 Å². The summed E-state index contributed by atoms with van der Waals surface area (Å²) in [5, 5.41) is 0.734. The van der Waals surface area contributed by atoms with Crippen molar-refractivity contribution in [3.8, 4) is 5.75 Å². The summed E-state index contributed by atoms with van der Waals surface area (Å²) in [6.45, 7) is 5.67. The molecule has 0 unspecified atom stereocenters. The Morgan fingerprint density at radius 1 is 0.967 bits per heavy atom. The maximum absolute atomic E-state index is 14.8. The lowest BCUT2D eigenvalue weighted by Crippen LogP contribution is -1.96. The summed E-state index contributed by atoms with van der Waals surface area (Å²) in [4.78, 5) is 0. The molecule has 0 radical (unpaired) electrons. The van der Waals surface area contributed by atoms with Crippen LogP contribution >= 0.6 is 0 Å². The minimum absolute atomic E-state index is 0.0521. The van der Waals surface area contributed by atoms with E-state index in [0.717, 1.165) is 18.4 Å². The van der Waals surface area contributed by atoms with Gasteiger partial charge in [0.25, 0.3) is 0 Å². The Labute approximate surface area is 174 Å². The molecule has 0 heterocycles. The van der Waals surface area contributed by atoms with Crippen LogP contribution in [0.4, 0.5) is 13.2 Å².